The number of imide groups is 1. The first kappa shape index (κ1) is 14.5. The van der Waals surface area contributed by atoms with Gasteiger partial charge in [0.15, 0.2) is 5.13 Å². The lowest BCUT2D eigenvalue weighted by Gasteiger charge is -2.39. The van der Waals surface area contributed by atoms with E-state index < -0.39 is 5.54 Å². The van der Waals surface area contributed by atoms with Crippen LogP contribution >= 0.6 is 11.3 Å². The molecule has 1 unspecified atom stereocenters. The van der Waals surface area contributed by atoms with Crippen molar-refractivity contribution >= 4 is 28.3 Å². The highest BCUT2D eigenvalue weighted by Gasteiger charge is 2.43. The normalized spacial score (nSPS) is 24.7. The summed E-state index contributed by atoms with van der Waals surface area (Å²) in [4.78, 5) is 31.6. The molecule has 1 aliphatic heterocycles. The lowest BCUT2D eigenvalue weighted by atomic mass is 9.98. The summed E-state index contributed by atoms with van der Waals surface area (Å²) in [6.45, 7) is 3.82. The van der Waals surface area contributed by atoms with Gasteiger partial charge in [0.25, 0.3) is 5.91 Å². The van der Waals surface area contributed by atoms with Gasteiger partial charge in [-0.3, -0.25) is 14.9 Å². The summed E-state index contributed by atoms with van der Waals surface area (Å²) in [7, 11) is 1.95. The van der Waals surface area contributed by atoms with Crippen molar-refractivity contribution in [2.24, 2.45) is 0 Å². The number of hydrogen-bond acceptors (Lipinski definition) is 6. The van der Waals surface area contributed by atoms with Crippen LogP contribution in [0.3, 0.4) is 0 Å². The van der Waals surface area contributed by atoms with Crippen LogP contribution in [0.2, 0.25) is 0 Å². The van der Waals surface area contributed by atoms with Gasteiger partial charge in [0.05, 0.1) is 11.7 Å². The van der Waals surface area contributed by atoms with Crippen LogP contribution in [0.25, 0.3) is 0 Å². The number of rotatable bonds is 2. The van der Waals surface area contributed by atoms with Crippen molar-refractivity contribution in [1.29, 1.82) is 0 Å². The van der Waals surface area contributed by atoms with E-state index in [2.05, 4.69) is 10.6 Å². The Morgan fingerprint density at radius 3 is 2.90 bits per heavy atom. The Labute approximate surface area is 127 Å². The molecule has 114 valence electrons. The van der Waals surface area contributed by atoms with Gasteiger partial charge < -0.3 is 10.2 Å². The average molecular weight is 308 g/mol. The Bertz CT molecular complexity index is 596. The number of piperazine rings is 1. The zero-order valence-electron chi connectivity index (χ0n) is 12.5. The zero-order chi connectivity index (χ0) is 15.2. The lowest BCUT2D eigenvalue weighted by molar-refractivity contribution is -0.135. The first-order chi connectivity index (χ1) is 9.93. The molecule has 0 bridgehead atoms. The average Bonchev–Trinajstić information content (AvgIpc) is 2.86. The number of carbonyl (C=O) groups excluding carboxylic acids is 2. The molecule has 2 heterocycles. The second-order valence-corrected chi connectivity index (χ2v) is 7.12. The number of nitrogens with one attached hydrogen (secondary N) is 2. The molecular weight excluding hydrogens is 288 g/mol. The Hall–Kier alpha value is -1.47. The van der Waals surface area contributed by atoms with Crippen LogP contribution in [0, 0.1) is 0 Å². The van der Waals surface area contributed by atoms with Gasteiger partial charge in [-0.15, -0.1) is 11.3 Å². The maximum absolute atomic E-state index is 12.1. The second kappa shape index (κ2) is 5.06. The highest BCUT2D eigenvalue weighted by Crippen LogP contribution is 2.38. The molecule has 7 heteroatoms. The molecule has 3 rings (SSSR count). The number of nitrogens with zero attached hydrogens (tertiary/aromatic N) is 2. The number of carbonyl (C=O) groups is 2. The van der Waals surface area contributed by atoms with Crippen LogP contribution in [-0.2, 0) is 16.0 Å². The van der Waals surface area contributed by atoms with E-state index in [4.69, 9.17) is 4.98 Å². The smallest absolute Gasteiger partial charge is 0.251 e. The first-order valence-corrected chi connectivity index (χ1v) is 8.04. The lowest BCUT2D eigenvalue weighted by Crippen LogP contribution is -2.64. The molecule has 1 aromatic rings. The predicted molar refractivity (Wildman–Crippen MR) is 81.4 cm³/mol. The van der Waals surface area contributed by atoms with E-state index in [9.17, 15) is 9.59 Å². The maximum Gasteiger partial charge on any atom is 0.251 e. The Kier molecular flexibility index (Phi) is 3.49. The maximum atomic E-state index is 12.1. The summed E-state index contributed by atoms with van der Waals surface area (Å²) in [5.41, 5.74) is 0.321. The minimum absolute atomic E-state index is 0.176. The minimum atomic E-state index is -0.760. The molecule has 1 aromatic heterocycles. The molecule has 1 fully saturated rings. The van der Waals surface area contributed by atoms with Crippen molar-refractivity contribution in [2.45, 2.75) is 44.7 Å². The van der Waals surface area contributed by atoms with Gasteiger partial charge in [0.2, 0.25) is 5.91 Å². The molecule has 1 atom stereocenters. The van der Waals surface area contributed by atoms with E-state index >= 15 is 0 Å². The third kappa shape index (κ3) is 2.34. The molecular formula is C14H20N4O2S. The topological polar surface area (TPSA) is 74.3 Å². The largest absolute Gasteiger partial charge is 0.325 e. The first-order valence-electron chi connectivity index (χ1n) is 7.22. The van der Waals surface area contributed by atoms with Crippen LogP contribution in [0.5, 0.6) is 0 Å². The van der Waals surface area contributed by atoms with Crippen molar-refractivity contribution in [3.8, 4) is 0 Å². The quantitative estimate of drug-likeness (QED) is 0.797. The minimum Gasteiger partial charge on any atom is -0.325 e. The summed E-state index contributed by atoms with van der Waals surface area (Å²) in [6, 6.07) is 0.274. The Morgan fingerprint density at radius 1 is 1.43 bits per heavy atom. The van der Waals surface area contributed by atoms with Gasteiger partial charge >= 0.3 is 0 Å². The third-order valence-corrected chi connectivity index (χ3v) is 5.46. The van der Waals surface area contributed by atoms with Crippen molar-refractivity contribution in [3.05, 3.63) is 10.6 Å². The third-order valence-electron chi connectivity index (χ3n) is 4.31. The number of fused-ring (bicyclic) bond motifs is 1. The molecule has 2 aliphatic rings. The van der Waals surface area contributed by atoms with E-state index in [1.807, 2.05) is 25.8 Å². The summed E-state index contributed by atoms with van der Waals surface area (Å²) in [5.74, 6) is -0.533. The fraction of sp³-hybridized carbons (Fsp3) is 0.643. The van der Waals surface area contributed by atoms with Gasteiger partial charge in [-0.25, -0.2) is 4.98 Å². The SMILES string of the molecule is CNC1CCCc2sc(N3CC(=O)NC(=O)C3(C)C)nc21. The van der Waals surface area contributed by atoms with Crippen molar-refractivity contribution in [3.63, 3.8) is 0 Å². The van der Waals surface area contributed by atoms with Crippen LogP contribution < -0.4 is 15.5 Å². The van der Waals surface area contributed by atoms with E-state index in [0.29, 0.717) is 0 Å². The summed E-state index contributed by atoms with van der Waals surface area (Å²) >= 11 is 1.61. The molecule has 0 spiro atoms. The second-order valence-electron chi connectivity index (χ2n) is 6.06. The number of hydrogen-bond donors (Lipinski definition) is 2. The summed E-state index contributed by atoms with van der Waals surface area (Å²) in [5, 5.41) is 6.46. The van der Waals surface area contributed by atoms with E-state index in [-0.39, 0.29) is 24.4 Å². The highest BCUT2D eigenvalue weighted by molar-refractivity contribution is 7.15. The van der Waals surface area contributed by atoms with Gasteiger partial charge in [-0.1, -0.05) is 0 Å². The van der Waals surface area contributed by atoms with Crippen LogP contribution in [-0.4, -0.2) is 35.9 Å². The van der Waals surface area contributed by atoms with Crippen molar-refractivity contribution < 1.29 is 9.59 Å². The van der Waals surface area contributed by atoms with Crippen LogP contribution in [0.1, 0.15) is 43.3 Å². The number of thiazole rings is 1. The summed E-state index contributed by atoms with van der Waals surface area (Å²) in [6.07, 6.45) is 3.25. The van der Waals surface area contributed by atoms with Gasteiger partial charge in [-0.05, 0) is 40.2 Å². The monoisotopic (exact) mass is 308 g/mol. The van der Waals surface area contributed by atoms with Gasteiger partial charge in [0.1, 0.15) is 12.1 Å². The number of amides is 2. The van der Waals surface area contributed by atoms with E-state index in [1.165, 1.54) is 4.88 Å². The Balaban J connectivity index is 1.98. The van der Waals surface area contributed by atoms with Crippen LogP contribution in [0.4, 0.5) is 5.13 Å². The van der Waals surface area contributed by atoms with E-state index in [0.717, 1.165) is 30.1 Å². The fourth-order valence-electron chi connectivity index (χ4n) is 2.89. The number of anilines is 1. The molecule has 0 saturated carbocycles. The standard InChI is InChI=1S/C14H20N4O2S/c1-14(2)12(20)16-10(19)7-18(14)13-17-11-8(15-3)5-4-6-9(11)21-13/h8,15H,4-7H2,1-3H3,(H,16,19,20). The van der Waals surface area contributed by atoms with E-state index in [1.54, 1.807) is 11.3 Å². The zero-order valence-corrected chi connectivity index (χ0v) is 13.3. The molecule has 0 aromatic carbocycles. The predicted octanol–water partition coefficient (Wildman–Crippen LogP) is 0.981. The highest BCUT2D eigenvalue weighted by atomic mass is 32.1. The Morgan fingerprint density at radius 2 is 2.19 bits per heavy atom. The number of aromatic nitrogens is 1. The van der Waals surface area contributed by atoms with Crippen LogP contribution in [0.15, 0.2) is 0 Å². The van der Waals surface area contributed by atoms with Gasteiger partial charge in [-0.2, -0.15) is 0 Å². The van der Waals surface area contributed by atoms with Crippen molar-refractivity contribution in [2.75, 3.05) is 18.5 Å². The molecule has 6 nitrogen and oxygen atoms in total. The number of aryl methyl sites for hydroxylation is 1. The van der Waals surface area contributed by atoms with Gasteiger partial charge in [0, 0.05) is 4.88 Å². The fourth-order valence-corrected chi connectivity index (χ4v) is 4.20. The molecule has 2 amide bonds. The van der Waals surface area contributed by atoms with Crippen molar-refractivity contribution in [1.82, 2.24) is 15.6 Å². The molecule has 1 saturated heterocycles. The molecule has 0 radical (unpaired) electrons. The molecule has 21 heavy (non-hydrogen) atoms. The summed E-state index contributed by atoms with van der Waals surface area (Å²) < 4.78 is 0. The molecule has 1 aliphatic carbocycles. The molecule has 2 N–H and O–H groups in total.